The second kappa shape index (κ2) is 6.06. The van der Waals surface area contributed by atoms with Gasteiger partial charge in [0, 0.05) is 22.0 Å². The highest BCUT2D eigenvalue weighted by atomic mass is 32.1. The molecule has 0 spiro atoms. The number of hydrogen-bond acceptors (Lipinski definition) is 3. The van der Waals surface area contributed by atoms with E-state index in [1.807, 2.05) is 12.4 Å². The average Bonchev–Trinajstić information content (AvgIpc) is 3.03. The van der Waals surface area contributed by atoms with Crippen molar-refractivity contribution in [2.75, 3.05) is 0 Å². The normalized spacial score (nSPS) is 15.5. The van der Waals surface area contributed by atoms with Crippen molar-refractivity contribution in [3.63, 3.8) is 0 Å². The molecular formula is C19H21N3OS. The molecule has 0 aliphatic heterocycles. The maximum absolute atomic E-state index is 12.0. The van der Waals surface area contributed by atoms with E-state index in [-0.39, 0.29) is 11.3 Å². The van der Waals surface area contributed by atoms with Gasteiger partial charge < -0.3 is 10.3 Å². The van der Waals surface area contributed by atoms with Crippen molar-refractivity contribution in [2.24, 2.45) is 5.41 Å². The van der Waals surface area contributed by atoms with Gasteiger partial charge in [-0.15, -0.1) is 11.3 Å². The van der Waals surface area contributed by atoms with Gasteiger partial charge in [0.05, 0.1) is 17.7 Å². The molecule has 5 heteroatoms. The van der Waals surface area contributed by atoms with E-state index in [1.165, 1.54) is 10.9 Å². The van der Waals surface area contributed by atoms with Crippen LogP contribution in [0.5, 0.6) is 0 Å². The lowest BCUT2D eigenvalue weighted by Gasteiger charge is -2.08. The summed E-state index contributed by atoms with van der Waals surface area (Å²) in [5.74, 6) is 0.171. The minimum atomic E-state index is -0.116. The van der Waals surface area contributed by atoms with Crippen molar-refractivity contribution >= 4 is 28.1 Å². The third kappa shape index (κ3) is 3.22. The van der Waals surface area contributed by atoms with E-state index >= 15 is 0 Å². The molecule has 0 unspecified atom stereocenters. The number of nitrogens with zero attached hydrogens (tertiary/aromatic N) is 1. The molecule has 1 aromatic carbocycles. The Labute approximate surface area is 145 Å². The fourth-order valence-electron chi connectivity index (χ4n) is 2.92. The molecule has 3 aromatic rings. The van der Waals surface area contributed by atoms with E-state index in [1.54, 1.807) is 11.3 Å². The summed E-state index contributed by atoms with van der Waals surface area (Å²) >= 11 is 1.64. The minimum Gasteiger partial charge on any atom is -0.357 e. The lowest BCUT2D eigenvalue weighted by atomic mass is 10.1. The first-order valence-electron chi connectivity index (χ1n) is 8.38. The van der Waals surface area contributed by atoms with Crippen LogP contribution in [-0.4, -0.2) is 15.9 Å². The molecule has 0 saturated heterocycles. The van der Waals surface area contributed by atoms with Crippen LogP contribution >= 0.6 is 11.3 Å². The molecule has 1 aliphatic rings. The summed E-state index contributed by atoms with van der Waals surface area (Å²) in [6, 6.07) is 8.65. The number of benzene rings is 1. The van der Waals surface area contributed by atoms with Crippen LogP contribution in [0.4, 0.5) is 0 Å². The molecule has 24 heavy (non-hydrogen) atoms. The van der Waals surface area contributed by atoms with Gasteiger partial charge in [0.25, 0.3) is 0 Å². The molecule has 4 nitrogen and oxygen atoms in total. The van der Waals surface area contributed by atoms with Crippen LogP contribution in [0.3, 0.4) is 0 Å². The summed E-state index contributed by atoms with van der Waals surface area (Å²) < 4.78 is 0. The minimum absolute atomic E-state index is 0.116. The highest BCUT2D eigenvalue weighted by Gasteiger charge is 2.44. The van der Waals surface area contributed by atoms with Gasteiger partial charge in [0.2, 0.25) is 5.91 Å². The van der Waals surface area contributed by atoms with Gasteiger partial charge in [0.15, 0.2) is 0 Å². The van der Waals surface area contributed by atoms with Crippen LogP contribution in [0.1, 0.15) is 36.7 Å². The number of rotatable bonds is 6. The SMILES string of the molecule is CC1(C(=O)NCc2cc3ccc(CCc4cscn4)cc3[nH]2)CC1. The summed E-state index contributed by atoms with van der Waals surface area (Å²) in [6.07, 6.45) is 3.97. The maximum atomic E-state index is 12.0. The number of aryl methyl sites for hydroxylation is 2. The lowest BCUT2D eigenvalue weighted by Crippen LogP contribution is -2.29. The predicted molar refractivity (Wildman–Crippen MR) is 97.0 cm³/mol. The zero-order valence-corrected chi connectivity index (χ0v) is 14.6. The van der Waals surface area contributed by atoms with Crippen LogP contribution in [0.2, 0.25) is 0 Å². The first-order chi connectivity index (χ1) is 11.6. The number of carbonyl (C=O) groups is 1. The molecule has 2 N–H and O–H groups in total. The molecular weight excluding hydrogens is 318 g/mol. The Hall–Kier alpha value is -2.14. The van der Waals surface area contributed by atoms with Crippen LogP contribution in [0.15, 0.2) is 35.2 Å². The van der Waals surface area contributed by atoms with Crippen molar-refractivity contribution < 1.29 is 4.79 Å². The Morgan fingerprint density at radius 3 is 2.96 bits per heavy atom. The molecule has 2 heterocycles. The Morgan fingerprint density at radius 2 is 2.21 bits per heavy atom. The maximum Gasteiger partial charge on any atom is 0.226 e. The zero-order valence-electron chi connectivity index (χ0n) is 13.8. The highest BCUT2D eigenvalue weighted by molar-refractivity contribution is 7.07. The fourth-order valence-corrected chi connectivity index (χ4v) is 3.51. The lowest BCUT2D eigenvalue weighted by molar-refractivity contribution is -0.125. The number of thiazole rings is 1. The van der Waals surface area contributed by atoms with Crippen LogP contribution in [-0.2, 0) is 24.2 Å². The largest absolute Gasteiger partial charge is 0.357 e. The number of amides is 1. The van der Waals surface area contributed by atoms with Gasteiger partial charge in [-0.05, 0) is 48.8 Å². The number of carbonyl (C=O) groups excluding carboxylic acids is 1. The number of aromatic amines is 1. The molecule has 2 aromatic heterocycles. The molecule has 0 atom stereocenters. The summed E-state index contributed by atoms with van der Waals surface area (Å²) in [6.45, 7) is 2.60. The average molecular weight is 339 g/mol. The number of fused-ring (bicyclic) bond motifs is 1. The summed E-state index contributed by atoms with van der Waals surface area (Å²) in [7, 11) is 0. The predicted octanol–water partition coefficient (Wildman–Crippen LogP) is 3.83. The second-order valence-corrected chi connectivity index (χ2v) is 7.66. The Kier molecular flexibility index (Phi) is 3.88. The van der Waals surface area contributed by atoms with Crippen LogP contribution in [0, 0.1) is 5.41 Å². The Bertz CT molecular complexity index is 862. The number of hydrogen-bond donors (Lipinski definition) is 2. The monoisotopic (exact) mass is 339 g/mol. The van der Waals surface area contributed by atoms with Gasteiger partial charge >= 0.3 is 0 Å². The van der Waals surface area contributed by atoms with Crippen LogP contribution < -0.4 is 5.32 Å². The molecule has 1 aliphatic carbocycles. The first kappa shape index (κ1) is 15.4. The molecule has 1 saturated carbocycles. The van der Waals surface area contributed by atoms with E-state index in [2.05, 4.69) is 44.9 Å². The van der Waals surface area contributed by atoms with E-state index in [0.717, 1.165) is 42.6 Å². The van der Waals surface area contributed by atoms with Crippen molar-refractivity contribution in [2.45, 2.75) is 39.2 Å². The highest BCUT2D eigenvalue weighted by Crippen LogP contribution is 2.45. The van der Waals surface area contributed by atoms with E-state index in [0.29, 0.717) is 6.54 Å². The van der Waals surface area contributed by atoms with Gasteiger partial charge in [-0.25, -0.2) is 4.98 Å². The van der Waals surface area contributed by atoms with E-state index in [4.69, 9.17) is 0 Å². The number of aromatic nitrogens is 2. The third-order valence-corrected chi connectivity index (χ3v) is 5.52. The molecule has 1 fully saturated rings. The topological polar surface area (TPSA) is 57.8 Å². The van der Waals surface area contributed by atoms with Gasteiger partial charge in [-0.2, -0.15) is 0 Å². The Morgan fingerprint density at radius 1 is 1.33 bits per heavy atom. The van der Waals surface area contributed by atoms with Gasteiger partial charge in [-0.1, -0.05) is 19.1 Å². The number of nitrogens with one attached hydrogen (secondary N) is 2. The third-order valence-electron chi connectivity index (χ3n) is 4.88. The zero-order chi connectivity index (χ0) is 16.6. The standard InChI is InChI=1S/C19H21N3OS/c1-19(6-7-19)18(23)20-10-16-9-14-4-2-13(8-17(14)22-16)3-5-15-11-24-12-21-15/h2,4,8-9,11-12,22H,3,5-7,10H2,1H3,(H,20,23). The molecule has 124 valence electrons. The van der Waals surface area contributed by atoms with Crippen LogP contribution in [0.25, 0.3) is 10.9 Å². The van der Waals surface area contributed by atoms with Gasteiger partial charge in [-0.3, -0.25) is 4.79 Å². The molecule has 0 radical (unpaired) electrons. The molecule has 1 amide bonds. The van der Waals surface area contributed by atoms with E-state index < -0.39 is 0 Å². The Balaban J connectivity index is 1.42. The number of H-pyrrole nitrogens is 1. The van der Waals surface area contributed by atoms with Crippen molar-refractivity contribution in [3.8, 4) is 0 Å². The van der Waals surface area contributed by atoms with Crippen molar-refractivity contribution in [1.29, 1.82) is 0 Å². The van der Waals surface area contributed by atoms with Crippen molar-refractivity contribution in [3.05, 3.63) is 52.1 Å². The molecule has 0 bridgehead atoms. The van der Waals surface area contributed by atoms with E-state index in [9.17, 15) is 4.79 Å². The smallest absolute Gasteiger partial charge is 0.226 e. The first-order valence-corrected chi connectivity index (χ1v) is 9.33. The van der Waals surface area contributed by atoms with Crippen molar-refractivity contribution in [1.82, 2.24) is 15.3 Å². The summed E-state index contributed by atoms with van der Waals surface area (Å²) in [5, 5.41) is 6.34. The summed E-state index contributed by atoms with van der Waals surface area (Å²) in [4.78, 5) is 19.8. The molecule has 4 rings (SSSR count). The second-order valence-electron chi connectivity index (χ2n) is 6.94. The quantitative estimate of drug-likeness (QED) is 0.717. The fraction of sp³-hybridized carbons (Fsp3) is 0.368. The van der Waals surface area contributed by atoms with Gasteiger partial charge in [0.1, 0.15) is 0 Å². The summed E-state index contributed by atoms with van der Waals surface area (Å²) in [5.41, 5.74) is 6.41.